The maximum atomic E-state index is 12.5. The molecule has 0 fully saturated rings. The van der Waals surface area contributed by atoms with E-state index in [1.54, 1.807) is 43.3 Å². The van der Waals surface area contributed by atoms with Crippen LogP contribution in [0.3, 0.4) is 0 Å². The van der Waals surface area contributed by atoms with Crippen molar-refractivity contribution < 1.29 is 23.9 Å². The highest BCUT2D eigenvalue weighted by Crippen LogP contribution is 2.26. The molecule has 2 aromatic carbocycles. The minimum atomic E-state index is -0.968. The maximum Gasteiger partial charge on any atom is 0.326 e. The number of amides is 2. The van der Waals surface area contributed by atoms with E-state index in [-0.39, 0.29) is 23.3 Å². The van der Waals surface area contributed by atoms with E-state index in [1.165, 1.54) is 12.1 Å². The van der Waals surface area contributed by atoms with Gasteiger partial charge in [0.05, 0.1) is 11.1 Å². The Balaban J connectivity index is 1.69. The van der Waals surface area contributed by atoms with Crippen molar-refractivity contribution in [1.29, 1.82) is 0 Å². The molecule has 0 radical (unpaired) electrons. The van der Waals surface area contributed by atoms with Crippen molar-refractivity contribution in [1.82, 2.24) is 4.90 Å². The summed E-state index contributed by atoms with van der Waals surface area (Å²) >= 11 is 3.25. The van der Waals surface area contributed by atoms with Crippen LogP contribution in [0.2, 0.25) is 0 Å². The molecule has 0 spiro atoms. The number of carbonyl (C=O) groups excluding carboxylic acids is 4. The Morgan fingerprint density at radius 1 is 1.04 bits per heavy atom. The van der Waals surface area contributed by atoms with E-state index in [9.17, 15) is 19.2 Å². The summed E-state index contributed by atoms with van der Waals surface area (Å²) in [7, 11) is 0. The third-order valence-electron chi connectivity index (χ3n) is 4.22. The summed E-state index contributed by atoms with van der Waals surface area (Å²) in [5.41, 5.74) is 0.903. The minimum absolute atomic E-state index is 0.231. The Morgan fingerprint density at radius 2 is 1.70 bits per heavy atom. The molecule has 138 valence electrons. The van der Waals surface area contributed by atoms with E-state index < -0.39 is 30.4 Å². The van der Waals surface area contributed by atoms with E-state index >= 15 is 0 Å². The smallest absolute Gasteiger partial charge is 0.326 e. The highest BCUT2D eigenvalue weighted by atomic mass is 79.9. The molecule has 2 aromatic rings. The summed E-state index contributed by atoms with van der Waals surface area (Å²) in [6.07, 6.45) is -0.682. The number of hydrogen-bond acceptors (Lipinski definition) is 5. The molecule has 1 unspecified atom stereocenters. The van der Waals surface area contributed by atoms with Crippen LogP contribution in [0.5, 0.6) is 0 Å². The zero-order valence-electron chi connectivity index (χ0n) is 14.5. The van der Waals surface area contributed by atoms with Crippen LogP contribution in [0.25, 0.3) is 0 Å². The van der Waals surface area contributed by atoms with E-state index in [4.69, 9.17) is 4.74 Å². The Labute approximate surface area is 164 Å². The molecule has 0 bridgehead atoms. The number of Topliss-reactive ketones (excluding diaryl/α,β-unsaturated/α-hetero) is 1. The molecule has 6 nitrogen and oxygen atoms in total. The zero-order valence-corrected chi connectivity index (χ0v) is 16.1. The van der Waals surface area contributed by atoms with Crippen LogP contribution in [0, 0.1) is 0 Å². The molecule has 0 N–H and O–H groups in total. The van der Waals surface area contributed by atoms with Crippen LogP contribution < -0.4 is 0 Å². The standard InChI is InChI=1S/C20H16BrNO5/c1-2-16(18(24)12-6-4-3-5-7-12)27-17(23)11-22-19(25)14-9-8-13(21)10-15(14)20(22)26/h3-10,16H,2,11H2,1H3. The highest BCUT2D eigenvalue weighted by Gasteiger charge is 2.37. The fraction of sp³-hybridized carbons (Fsp3) is 0.200. The van der Waals surface area contributed by atoms with Gasteiger partial charge in [-0.05, 0) is 24.6 Å². The molecule has 0 aliphatic carbocycles. The van der Waals surface area contributed by atoms with Crippen molar-refractivity contribution in [3.63, 3.8) is 0 Å². The van der Waals surface area contributed by atoms with Gasteiger partial charge in [0.2, 0.25) is 5.78 Å². The van der Waals surface area contributed by atoms with E-state index in [0.717, 1.165) is 4.90 Å². The van der Waals surface area contributed by atoms with E-state index in [0.29, 0.717) is 10.0 Å². The summed E-state index contributed by atoms with van der Waals surface area (Å²) < 4.78 is 5.91. The topological polar surface area (TPSA) is 80.8 Å². The summed E-state index contributed by atoms with van der Waals surface area (Å²) in [4.78, 5) is 50.4. The lowest BCUT2D eigenvalue weighted by Crippen LogP contribution is -2.38. The molecular weight excluding hydrogens is 414 g/mol. The van der Waals surface area contributed by atoms with Gasteiger partial charge in [-0.1, -0.05) is 53.2 Å². The Kier molecular flexibility index (Phi) is 5.51. The molecule has 1 aliphatic rings. The first-order chi connectivity index (χ1) is 12.9. The lowest BCUT2D eigenvalue weighted by molar-refractivity contribution is -0.147. The fourth-order valence-corrected chi connectivity index (χ4v) is 3.20. The number of fused-ring (bicyclic) bond motifs is 1. The molecule has 0 aromatic heterocycles. The maximum absolute atomic E-state index is 12.5. The lowest BCUT2D eigenvalue weighted by atomic mass is 10.0. The molecule has 1 atom stereocenters. The second kappa shape index (κ2) is 7.84. The van der Waals surface area contributed by atoms with Crippen molar-refractivity contribution in [2.75, 3.05) is 6.54 Å². The van der Waals surface area contributed by atoms with Gasteiger partial charge in [-0.25, -0.2) is 0 Å². The predicted molar refractivity (Wildman–Crippen MR) is 100 cm³/mol. The second-order valence-electron chi connectivity index (χ2n) is 6.00. The number of ketones is 1. The van der Waals surface area contributed by atoms with Crippen LogP contribution >= 0.6 is 15.9 Å². The van der Waals surface area contributed by atoms with Crippen LogP contribution in [0.4, 0.5) is 0 Å². The van der Waals surface area contributed by atoms with Crippen molar-refractivity contribution in [3.05, 3.63) is 69.7 Å². The van der Waals surface area contributed by atoms with Crippen molar-refractivity contribution in [2.45, 2.75) is 19.4 Å². The number of benzene rings is 2. The summed E-state index contributed by atoms with van der Waals surface area (Å²) in [6.45, 7) is 1.18. The molecule has 7 heteroatoms. The van der Waals surface area contributed by atoms with Crippen LogP contribution in [0.15, 0.2) is 53.0 Å². The molecule has 0 saturated carbocycles. The normalized spacial score (nSPS) is 14.1. The van der Waals surface area contributed by atoms with Crippen LogP contribution in [-0.2, 0) is 9.53 Å². The Bertz CT molecular complexity index is 925. The molecule has 27 heavy (non-hydrogen) atoms. The number of nitrogens with zero attached hydrogens (tertiary/aromatic N) is 1. The average molecular weight is 430 g/mol. The molecular formula is C20H16BrNO5. The fourth-order valence-electron chi connectivity index (χ4n) is 2.84. The third kappa shape index (κ3) is 3.83. The zero-order chi connectivity index (χ0) is 19.6. The summed E-state index contributed by atoms with van der Waals surface area (Å²) in [5.74, 6) is -2.24. The van der Waals surface area contributed by atoms with Crippen LogP contribution in [0.1, 0.15) is 44.4 Å². The summed E-state index contributed by atoms with van der Waals surface area (Å²) in [5, 5.41) is 0. The van der Waals surface area contributed by atoms with E-state index in [2.05, 4.69) is 15.9 Å². The number of esters is 1. The van der Waals surface area contributed by atoms with Gasteiger partial charge < -0.3 is 4.74 Å². The number of hydrogen-bond donors (Lipinski definition) is 0. The van der Waals surface area contributed by atoms with Gasteiger partial charge in [0.1, 0.15) is 6.54 Å². The predicted octanol–water partition coefficient (Wildman–Crippen LogP) is 3.25. The number of ether oxygens (including phenoxy) is 1. The van der Waals surface area contributed by atoms with Gasteiger partial charge in [0.25, 0.3) is 11.8 Å². The van der Waals surface area contributed by atoms with Crippen LogP contribution in [-0.4, -0.2) is 41.1 Å². The first-order valence-corrected chi connectivity index (χ1v) is 9.16. The van der Waals surface area contributed by atoms with E-state index in [1.807, 2.05) is 0 Å². The number of carbonyl (C=O) groups is 4. The van der Waals surface area contributed by atoms with Crippen molar-refractivity contribution >= 4 is 39.5 Å². The first-order valence-electron chi connectivity index (χ1n) is 8.37. The molecule has 0 saturated heterocycles. The molecule has 1 heterocycles. The van der Waals surface area contributed by atoms with Crippen molar-refractivity contribution in [3.8, 4) is 0 Å². The average Bonchev–Trinajstić information content (AvgIpc) is 2.90. The van der Waals surface area contributed by atoms with Gasteiger partial charge >= 0.3 is 5.97 Å². The summed E-state index contributed by atoms with van der Waals surface area (Å²) in [6, 6.07) is 13.2. The van der Waals surface area contributed by atoms with Gasteiger partial charge in [-0.2, -0.15) is 0 Å². The highest BCUT2D eigenvalue weighted by molar-refractivity contribution is 9.10. The SMILES string of the molecule is CCC(OC(=O)CN1C(=O)c2ccc(Br)cc2C1=O)C(=O)c1ccccc1. The number of imide groups is 1. The molecule has 2 amide bonds. The lowest BCUT2D eigenvalue weighted by Gasteiger charge is -2.18. The molecule has 1 aliphatic heterocycles. The van der Waals surface area contributed by atoms with Crippen molar-refractivity contribution in [2.24, 2.45) is 0 Å². The minimum Gasteiger partial charge on any atom is -0.453 e. The molecule has 3 rings (SSSR count). The number of halogens is 1. The van der Waals surface area contributed by atoms with Gasteiger partial charge in [-0.3, -0.25) is 24.1 Å². The first kappa shape index (κ1) is 19.0. The monoisotopic (exact) mass is 429 g/mol. The van der Waals surface area contributed by atoms with Gasteiger partial charge in [-0.15, -0.1) is 0 Å². The third-order valence-corrected chi connectivity index (χ3v) is 4.71. The Hall–Kier alpha value is -2.80. The van der Waals surface area contributed by atoms with Gasteiger partial charge in [0, 0.05) is 10.0 Å². The Morgan fingerprint density at radius 3 is 2.37 bits per heavy atom. The second-order valence-corrected chi connectivity index (χ2v) is 6.92. The quantitative estimate of drug-likeness (QED) is 0.399. The largest absolute Gasteiger partial charge is 0.453 e. The van der Waals surface area contributed by atoms with Gasteiger partial charge in [0.15, 0.2) is 6.10 Å². The number of rotatable bonds is 6.